The Kier molecular flexibility index (Phi) is 4.49. The van der Waals surface area contributed by atoms with E-state index in [1.807, 2.05) is 0 Å². The molecule has 24 heavy (non-hydrogen) atoms. The van der Waals surface area contributed by atoms with Gasteiger partial charge in [-0.1, -0.05) is 0 Å². The van der Waals surface area contributed by atoms with Gasteiger partial charge in [-0.05, 0) is 30.4 Å². The van der Waals surface area contributed by atoms with Gasteiger partial charge < -0.3 is 4.55 Å². The average molecular weight is 365 g/mol. The first-order valence-electron chi connectivity index (χ1n) is 7.34. The molecule has 6 nitrogen and oxygen atoms in total. The summed E-state index contributed by atoms with van der Waals surface area (Å²) in [6.07, 6.45) is 0.946. The van der Waals surface area contributed by atoms with Gasteiger partial charge in [0, 0.05) is 18.9 Å². The normalized spacial score (nSPS) is 19.4. The van der Waals surface area contributed by atoms with Crippen LogP contribution in [0.4, 0.5) is 13.2 Å². The SMILES string of the molecule is COS(C)(O)OCc1ccn2c(CC3CC3)nnc2c1C(F)(F)F. The summed E-state index contributed by atoms with van der Waals surface area (Å²) in [5, 5.41) is 7.66. The van der Waals surface area contributed by atoms with Crippen LogP contribution in [-0.2, 0) is 27.6 Å². The average Bonchev–Trinajstić information content (AvgIpc) is 3.23. The van der Waals surface area contributed by atoms with Crippen molar-refractivity contribution in [3.63, 3.8) is 0 Å². The van der Waals surface area contributed by atoms with E-state index in [4.69, 9.17) is 8.37 Å². The number of alkyl halides is 3. The molecule has 0 radical (unpaired) electrons. The number of halogens is 3. The maximum atomic E-state index is 13.5. The third kappa shape index (κ3) is 3.66. The van der Waals surface area contributed by atoms with Crippen molar-refractivity contribution in [2.24, 2.45) is 5.92 Å². The van der Waals surface area contributed by atoms with Crippen molar-refractivity contribution in [2.75, 3.05) is 13.4 Å². The molecule has 134 valence electrons. The summed E-state index contributed by atoms with van der Waals surface area (Å²) in [7, 11) is -1.62. The molecule has 10 heteroatoms. The fraction of sp³-hybridized carbons (Fsp3) is 0.571. The zero-order valence-corrected chi connectivity index (χ0v) is 14.0. The second-order valence-corrected chi connectivity index (χ2v) is 7.87. The van der Waals surface area contributed by atoms with Crippen LogP contribution in [0.25, 0.3) is 5.65 Å². The minimum Gasteiger partial charge on any atom is -0.308 e. The van der Waals surface area contributed by atoms with Gasteiger partial charge in [0.05, 0.1) is 24.6 Å². The zero-order valence-electron chi connectivity index (χ0n) is 13.2. The van der Waals surface area contributed by atoms with Crippen molar-refractivity contribution in [3.8, 4) is 0 Å². The van der Waals surface area contributed by atoms with E-state index in [2.05, 4.69) is 10.2 Å². The van der Waals surface area contributed by atoms with Gasteiger partial charge in [0.2, 0.25) is 0 Å². The lowest BCUT2D eigenvalue weighted by Gasteiger charge is -2.26. The van der Waals surface area contributed by atoms with Crippen molar-refractivity contribution in [1.82, 2.24) is 14.6 Å². The molecule has 2 aromatic rings. The fourth-order valence-electron chi connectivity index (χ4n) is 2.41. The number of hydrogen-bond acceptors (Lipinski definition) is 5. The molecule has 1 fully saturated rings. The predicted molar refractivity (Wildman–Crippen MR) is 82.4 cm³/mol. The van der Waals surface area contributed by atoms with E-state index in [1.165, 1.54) is 30.0 Å². The Balaban J connectivity index is 1.99. The first kappa shape index (κ1) is 17.5. The standard InChI is InChI=1S/C14H18F3N3O3S/c1-22-24(2,21)23-8-10-5-6-20-11(7-9-3-4-9)18-19-13(20)12(10)14(15,16)17/h5-6,9,21H,3-4,7-8H2,1-2H3. The monoisotopic (exact) mass is 365 g/mol. The predicted octanol–water partition coefficient (Wildman–Crippen LogP) is 3.60. The van der Waals surface area contributed by atoms with Crippen molar-refractivity contribution in [2.45, 2.75) is 32.0 Å². The van der Waals surface area contributed by atoms with Crippen LogP contribution in [0.3, 0.4) is 0 Å². The van der Waals surface area contributed by atoms with Gasteiger partial charge >= 0.3 is 6.18 Å². The molecular weight excluding hydrogens is 347 g/mol. The minimum atomic E-state index is -4.61. The summed E-state index contributed by atoms with van der Waals surface area (Å²) in [5.74, 6) is 1.01. The number of aromatic nitrogens is 3. The van der Waals surface area contributed by atoms with Crippen LogP contribution in [-0.4, -0.2) is 32.5 Å². The zero-order chi connectivity index (χ0) is 17.5. The maximum Gasteiger partial charge on any atom is 0.420 e. The largest absolute Gasteiger partial charge is 0.420 e. The number of nitrogens with zero attached hydrogens (tertiary/aromatic N) is 3. The summed E-state index contributed by atoms with van der Waals surface area (Å²) in [6.45, 7) is -0.438. The van der Waals surface area contributed by atoms with E-state index >= 15 is 0 Å². The third-order valence-electron chi connectivity index (χ3n) is 3.93. The summed E-state index contributed by atoms with van der Waals surface area (Å²) < 4.78 is 61.5. The minimum absolute atomic E-state index is 0.120. The number of pyridine rings is 1. The molecule has 0 amide bonds. The highest BCUT2D eigenvalue weighted by Crippen LogP contribution is 2.43. The van der Waals surface area contributed by atoms with Crippen LogP contribution in [0, 0.1) is 5.92 Å². The highest BCUT2D eigenvalue weighted by atomic mass is 32.3. The van der Waals surface area contributed by atoms with Crippen LogP contribution in [0.15, 0.2) is 12.3 Å². The summed E-state index contributed by atoms with van der Waals surface area (Å²) in [5.41, 5.74) is -1.26. The Hall–Kier alpha value is -1.36. The van der Waals surface area contributed by atoms with E-state index in [0.717, 1.165) is 12.8 Å². The first-order valence-corrected chi connectivity index (χ1v) is 9.19. The first-order chi connectivity index (χ1) is 11.2. The molecular formula is C14H18F3N3O3S. The summed E-state index contributed by atoms with van der Waals surface area (Å²) >= 11 is 0. The van der Waals surface area contributed by atoms with Gasteiger partial charge in [0.15, 0.2) is 5.65 Å². The van der Waals surface area contributed by atoms with Crippen molar-refractivity contribution < 1.29 is 26.1 Å². The van der Waals surface area contributed by atoms with Crippen LogP contribution in [0.1, 0.15) is 29.8 Å². The molecule has 0 bridgehead atoms. The Morgan fingerprint density at radius 2 is 2.08 bits per heavy atom. The van der Waals surface area contributed by atoms with Crippen LogP contribution < -0.4 is 0 Å². The van der Waals surface area contributed by atoms with E-state index in [0.29, 0.717) is 18.2 Å². The van der Waals surface area contributed by atoms with Gasteiger partial charge in [0.25, 0.3) is 0 Å². The van der Waals surface area contributed by atoms with Gasteiger partial charge in [-0.2, -0.15) is 13.2 Å². The maximum absolute atomic E-state index is 13.5. The molecule has 1 aliphatic carbocycles. The Morgan fingerprint density at radius 1 is 1.38 bits per heavy atom. The topological polar surface area (TPSA) is 68.9 Å². The molecule has 2 heterocycles. The molecule has 1 saturated carbocycles. The van der Waals surface area contributed by atoms with Crippen molar-refractivity contribution in [1.29, 1.82) is 0 Å². The van der Waals surface area contributed by atoms with Gasteiger partial charge in [-0.15, -0.1) is 10.2 Å². The molecule has 2 aromatic heterocycles. The molecule has 1 N–H and O–H groups in total. The quantitative estimate of drug-likeness (QED) is 0.847. The molecule has 1 unspecified atom stereocenters. The lowest BCUT2D eigenvalue weighted by Crippen LogP contribution is -2.14. The second-order valence-electron chi connectivity index (χ2n) is 5.83. The molecule has 0 aromatic carbocycles. The lowest BCUT2D eigenvalue weighted by atomic mass is 10.1. The second kappa shape index (κ2) is 6.17. The highest BCUT2D eigenvalue weighted by molar-refractivity contribution is 8.20. The van der Waals surface area contributed by atoms with Crippen LogP contribution in [0.5, 0.6) is 0 Å². The van der Waals surface area contributed by atoms with E-state index in [9.17, 15) is 17.7 Å². The van der Waals surface area contributed by atoms with E-state index < -0.39 is 29.2 Å². The molecule has 1 atom stereocenters. The summed E-state index contributed by atoms with van der Waals surface area (Å²) in [4.78, 5) is 0. The molecule has 3 rings (SSSR count). The van der Waals surface area contributed by atoms with Gasteiger partial charge in [0.1, 0.15) is 11.4 Å². The Morgan fingerprint density at radius 3 is 2.67 bits per heavy atom. The molecule has 0 spiro atoms. The van der Waals surface area contributed by atoms with Crippen molar-refractivity contribution in [3.05, 3.63) is 29.2 Å². The number of fused-ring (bicyclic) bond motifs is 1. The highest BCUT2D eigenvalue weighted by Gasteiger charge is 2.38. The summed E-state index contributed by atoms with van der Waals surface area (Å²) in [6, 6.07) is 1.32. The number of hydrogen-bond donors (Lipinski definition) is 1. The Bertz CT molecular complexity index is 744. The molecule has 0 aliphatic heterocycles. The van der Waals surface area contributed by atoms with Gasteiger partial charge in [-0.3, -0.25) is 12.8 Å². The Labute approximate surface area is 138 Å². The lowest BCUT2D eigenvalue weighted by molar-refractivity contribution is -0.137. The van der Waals surface area contributed by atoms with E-state index in [1.54, 1.807) is 0 Å². The van der Waals surface area contributed by atoms with Crippen LogP contribution >= 0.6 is 10.9 Å². The van der Waals surface area contributed by atoms with Gasteiger partial charge in [-0.25, -0.2) is 0 Å². The molecule has 0 saturated heterocycles. The third-order valence-corrected chi connectivity index (χ3v) is 5.10. The van der Waals surface area contributed by atoms with Crippen LogP contribution in [0.2, 0.25) is 0 Å². The molecule has 1 aliphatic rings. The number of rotatable bonds is 6. The van der Waals surface area contributed by atoms with E-state index in [-0.39, 0.29) is 11.2 Å². The van der Waals surface area contributed by atoms with Crippen molar-refractivity contribution >= 4 is 16.5 Å². The fourth-order valence-corrected chi connectivity index (χ4v) is 2.85. The smallest absolute Gasteiger partial charge is 0.308 e.